The van der Waals surface area contributed by atoms with Crippen LogP contribution in [0.25, 0.3) is 0 Å². The highest BCUT2D eigenvalue weighted by Gasteiger charge is 2.16. The fraction of sp³-hybridized carbons (Fsp3) is 1.00. The van der Waals surface area contributed by atoms with Crippen LogP contribution in [0.1, 0.15) is 0 Å². The van der Waals surface area contributed by atoms with Crippen LogP contribution in [0.3, 0.4) is 0 Å². The maximum absolute atomic E-state index is 5.23. The number of morpholine rings is 1. The molecule has 1 fully saturated rings. The minimum absolute atomic E-state index is 0.499. The van der Waals surface area contributed by atoms with E-state index in [2.05, 4.69) is 15.5 Å². The van der Waals surface area contributed by atoms with Gasteiger partial charge in [0.2, 0.25) is 0 Å². The van der Waals surface area contributed by atoms with Gasteiger partial charge < -0.3 is 8.62 Å². The summed E-state index contributed by atoms with van der Waals surface area (Å²) >= 11 is -0.499. The third kappa shape index (κ3) is 2.27. The molecule has 0 amide bonds. The molecule has 3 heteroatoms. The monoisotopic (exact) mass is 143 g/mol. The van der Waals surface area contributed by atoms with Crippen molar-refractivity contribution in [3.05, 3.63) is 0 Å². The lowest BCUT2D eigenvalue weighted by atomic mass is 10.5. The van der Waals surface area contributed by atoms with E-state index in [1.807, 2.05) is 0 Å². The van der Waals surface area contributed by atoms with Crippen LogP contribution in [0.4, 0.5) is 0 Å². The molecule has 1 aliphatic heterocycles. The Morgan fingerprint density at radius 1 is 1.22 bits per heavy atom. The van der Waals surface area contributed by atoms with E-state index in [1.54, 1.807) is 0 Å². The van der Waals surface area contributed by atoms with Crippen molar-refractivity contribution in [2.24, 2.45) is 0 Å². The van der Waals surface area contributed by atoms with Gasteiger partial charge in [-0.1, -0.05) is 11.6 Å². The van der Waals surface area contributed by atoms with Crippen molar-refractivity contribution >= 4 is 14.4 Å². The van der Waals surface area contributed by atoms with Gasteiger partial charge in [-0.25, -0.2) is 0 Å². The molecule has 0 aromatic heterocycles. The molecular weight excluding hydrogens is 129 g/mol. The van der Waals surface area contributed by atoms with Crippen molar-refractivity contribution in [2.75, 3.05) is 26.3 Å². The minimum Gasteiger partial charge on any atom is -0.381 e. The van der Waals surface area contributed by atoms with E-state index in [0.717, 1.165) is 13.2 Å². The van der Waals surface area contributed by atoms with Crippen molar-refractivity contribution in [1.82, 2.24) is 3.88 Å². The first-order valence-corrected chi connectivity index (χ1v) is 6.45. The van der Waals surface area contributed by atoms with Crippen molar-refractivity contribution in [1.29, 1.82) is 0 Å². The van der Waals surface area contributed by atoms with E-state index < -0.39 is 14.4 Å². The predicted molar refractivity (Wildman–Crippen MR) is 39.9 cm³/mol. The van der Waals surface area contributed by atoms with Gasteiger partial charge >= 0.3 is 14.4 Å². The number of hydrogen-bond acceptors (Lipinski definition) is 2. The van der Waals surface area contributed by atoms with Gasteiger partial charge in [-0.2, -0.15) is 0 Å². The predicted octanol–water partition coefficient (Wildman–Crippen LogP) is 0.570. The van der Waals surface area contributed by atoms with E-state index >= 15 is 0 Å². The average molecular weight is 143 g/mol. The number of rotatable bonds is 1. The molecule has 2 nitrogen and oxygen atoms in total. The van der Waals surface area contributed by atoms with Crippen LogP contribution in [0.15, 0.2) is 0 Å². The Bertz CT molecular complexity index is 81.1. The molecule has 1 heterocycles. The van der Waals surface area contributed by atoms with Crippen LogP contribution >= 0.6 is 0 Å². The van der Waals surface area contributed by atoms with Crippen LogP contribution in [0, 0.1) is 0 Å². The first kappa shape index (κ1) is 7.56. The summed E-state index contributed by atoms with van der Waals surface area (Å²) in [6.45, 7) is 4.24. The standard InChI is InChI=1S/C4H8NO.2CH3.Al/c1-3-6-4-2-5-1;;;/h1-4H2;2*1H3;/q-1;;;+1. The van der Waals surface area contributed by atoms with E-state index in [-0.39, 0.29) is 0 Å². The van der Waals surface area contributed by atoms with Crippen LogP contribution in [0.5, 0.6) is 0 Å². The Balaban J connectivity index is 2.23. The first-order valence-electron chi connectivity index (χ1n) is 3.62. The zero-order chi connectivity index (χ0) is 6.69. The molecule has 0 radical (unpaired) electrons. The lowest BCUT2D eigenvalue weighted by Crippen LogP contribution is -2.43. The van der Waals surface area contributed by atoms with Gasteiger partial charge in [0.05, 0.1) is 13.2 Å². The van der Waals surface area contributed by atoms with Gasteiger partial charge in [-0.3, -0.25) is 0 Å². The summed E-state index contributed by atoms with van der Waals surface area (Å²) in [5, 5.41) is 0. The normalized spacial score (nSPS) is 22.0. The van der Waals surface area contributed by atoms with E-state index in [9.17, 15) is 0 Å². The Morgan fingerprint density at radius 3 is 2.11 bits per heavy atom. The van der Waals surface area contributed by atoms with Gasteiger partial charge in [0, 0.05) is 13.1 Å². The van der Waals surface area contributed by atoms with Gasteiger partial charge in [-0.15, -0.1) is 0 Å². The highest BCUT2D eigenvalue weighted by atomic mass is 27.2. The Labute approximate surface area is 61.4 Å². The van der Waals surface area contributed by atoms with Gasteiger partial charge in [0.25, 0.3) is 0 Å². The Kier molecular flexibility index (Phi) is 3.01. The van der Waals surface area contributed by atoms with Crippen LogP contribution in [-0.2, 0) is 4.74 Å². The van der Waals surface area contributed by atoms with E-state index in [0.29, 0.717) is 0 Å². The Hall–Kier alpha value is 0.452. The zero-order valence-corrected chi connectivity index (χ0v) is 7.42. The smallest absolute Gasteiger partial charge is 0.366 e. The van der Waals surface area contributed by atoms with Crippen molar-refractivity contribution in [3.63, 3.8) is 0 Å². The van der Waals surface area contributed by atoms with E-state index in [1.165, 1.54) is 13.1 Å². The molecular formula is C6H14AlNO. The number of ether oxygens (including phenoxy) is 1. The quantitative estimate of drug-likeness (QED) is 0.497. The molecule has 1 rings (SSSR count). The minimum atomic E-state index is -0.499. The summed E-state index contributed by atoms with van der Waals surface area (Å²) in [5.74, 6) is 4.73. The molecule has 0 atom stereocenters. The Morgan fingerprint density at radius 2 is 1.78 bits per heavy atom. The highest BCUT2D eigenvalue weighted by Crippen LogP contribution is 1.98. The lowest BCUT2D eigenvalue weighted by molar-refractivity contribution is 0.0711. The topological polar surface area (TPSA) is 12.5 Å². The molecule has 0 saturated carbocycles. The van der Waals surface area contributed by atoms with Gasteiger partial charge in [0.15, 0.2) is 0 Å². The summed E-state index contributed by atoms with van der Waals surface area (Å²) in [4.78, 5) is 0. The first-order chi connectivity index (χ1) is 4.30. The maximum Gasteiger partial charge on any atom is 0.366 e. The van der Waals surface area contributed by atoms with Crippen LogP contribution < -0.4 is 0 Å². The average Bonchev–Trinajstić information content (AvgIpc) is 1.90. The molecule has 0 aromatic rings. The lowest BCUT2D eigenvalue weighted by Gasteiger charge is -2.28. The van der Waals surface area contributed by atoms with Crippen molar-refractivity contribution in [2.45, 2.75) is 11.6 Å². The summed E-state index contributed by atoms with van der Waals surface area (Å²) in [6.07, 6.45) is 0. The fourth-order valence-electron chi connectivity index (χ4n) is 1.09. The maximum atomic E-state index is 5.23. The van der Waals surface area contributed by atoms with E-state index in [4.69, 9.17) is 4.74 Å². The molecule has 0 bridgehead atoms. The van der Waals surface area contributed by atoms with Crippen molar-refractivity contribution in [3.8, 4) is 0 Å². The number of nitrogens with zero attached hydrogens (tertiary/aromatic N) is 1. The summed E-state index contributed by atoms with van der Waals surface area (Å²) in [7, 11) is 0. The third-order valence-corrected chi connectivity index (χ3v) is 3.75. The molecule has 52 valence electrons. The zero-order valence-electron chi connectivity index (χ0n) is 6.26. The molecule has 0 aliphatic carbocycles. The summed E-state index contributed by atoms with van der Waals surface area (Å²) in [5.41, 5.74) is 0. The molecule has 0 aromatic carbocycles. The van der Waals surface area contributed by atoms with Crippen LogP contribution in [-0.4, -0.2) is 44.6 Å². The van der Waals surface area contributed by atoms with Gasteiger partial charge in [-0.05, 0) is 0 Å². The van der Waals surface area contributed by atoms with Gasteiger partial charge in [0.1, 0.15) is 0 Å². The molecule has 1 saturated heterocycles. The van der Waals surface area contributed by atoms with Crippen LogP contribution in [0.2, 0.25) is 11.6 Å². The summed E-state index contributed by atoms with van der Waals surface area (Å²) < 4.78 is 7.80. The highest BCUT2D eigenvalue weighted by molar-refractivity contribution is 6.52. The SMILES string of the molecule is [CH3][Al]([CH3])[N]1CCOCC1. The third-order valence-electron chi connectivity index (χ3n) is 1.78. The molecule has 0 N–H and O–H groups in total. The van der Waals surface area contributed by atoms with Crippen molar-refractivity contribution < 1.29 is 4.74 Å². The molecule has 1 aliphatic rings. The molecule has 0 spiro atoms. The molecule has 0 unspecified atom stereocenters. The molecule has 9 heavy (non-hydrogen) atoms. The fourth-order valence-corrected chi connectivity index (χ4v) is 2.34. The largest absolute Gasteiger partial charge is 0.381 e. The second-order valence-corrected chi connectivity index (χ2v) is 5.66. The second kappa shape index (κ2) is 3.58. The number of hydrogen-bond donors (Lipinski definition) is 0. The summed E-state index contributed by atoms with van der Waals surface area (Å²) in [6, 6.07) is 0. The second-order valence-electron chi connectivity index (χ2n) is 2.74.